The van der Waals surface area contributed by atoms with Gasteiger partial charge in [-0.1, -0.05) is 24.3 Å². The van der Waals surface area contributed by atoms with E-state index in [0.29, 0.717) is 11.6 Å². The number of hydrogen-bond acceptors (Lipinski definition) is 8. The average Bonchev–Trinajstić information content (AvgIpc) is 3.35. The Hall–Kier alpha value is -4.44. The fourth-order valence-electron chi connectivity index (χ4n) is 4.37. The molecule has 1 saturated heterocycles. The highest BCUT2D eigenvalue weighted by molar-refractivity contribution is 7.19. The van der Waals surface area contributed by atoms with E-state index in [1.165, 1.54) is 4.90 Å². The Labute approximate surface area is 223 Å². The summed E-state index contributed by atoms with van der Waals surface area (Å²) in [5.41, 5.74) is 3.19. The van der Waals surface area contributed by atoms with Gasteiger partial charge in [-0.3, -0.25) is 9.69 Å². The molecule has 1 aliphatic rings. The van der Waals surface area contributed by atoms with Gasteiger partial charge in [-0.15, -0.1) is 11.3 Å². The van der Waals surface area contributed by atoms with E-state index in [0.717, 1.165) is 32.0 Å². The van der Waals surface area contributed by atoms with Crippen LogP contribution in [0.2, 0.25) is 0 Å². The molecule has 1 fully saturated rings. The molecule has 0 spiro atoms. The number of anilines is 1. The summed E-state index contributed by atoms with van der Waals surface area (Å²) in [6.45, 7) is 5.79. The predicted octanol–water partition coefficient (Wildman–Crippen LogP) is 5.00. The van der Waals surface area contributed by atoms with Gasteiger partial charge in [0.1, 0.15) is 17.0 Å². The number of hydrogen-bond donors (Lipinski definition) is 4. The van der Waals surface area contributed by atoms with Crippen LogP contribution >= 0.6 is 11.3 Å². The van der Waals surface area contributed by atoms with Crippen molar-refractivity contribution in [2.24, 2.45) is 0 Å². The van der Waals surface area contributed by atoms with Crippen LogP contribution in [-0.2, 0) is 4.79 Å². The van der Waals surface area contributed by atoms with Gasteiger partial charge in [0.15, 0.2) is 0 Å². The lowest BCUT2D eigenvalue weighted by molar-refractivity contribution is -0.130. The van der Waals surface area contributed by atoms with E-state index in [1.54, 1.807) is 67.8 Å². The molecule has 0 bridgehead atoms. The highest BCUT2D eigenvalue weighted by atomic mass is 32.1. The molecule has 5 rings (SSSR count). The summed E-state index contributed by atoms with van der Waals surface area (Å²) < 4.78 is 0. The molecular formula is C28H27N5O4S. The molecule has 0 aliphatic carbocycles. The number of phenols is 2. The van der Waals surface area contributed by atoms with Crippen molar-refractivity contribution in [2.75, 3.05) is 18.4 Å². The number of benzene rings is 2. The van der Waals surface area contributed by atoms with Crippen molar-refractivity contribution in [1.29, 1.82) is 0 Å². The van der Waals surface area contributed by atoms with Crippen LogP contribution in [-0.4, -0.2) is 55.6 Å². The van der Waals surface area contributed by atoms with Crippen LogP contribution < -0.4 is 10.6 Å². The fraction of sp³-hybridized carbons (Fsp3) is 0.214. The van der Waals surface area contributed by atoms with Crippen molar-refractivity contribution in [1.82, 2.24) is 20.2 Å². The maximum absolute atomic E-state index is 12.5. The van der Waals surface area contributed by atoms with Crippen molar-refractivity contribution >= 4 is 29.2 Å². The number of imide groups is 1. The zero-order chi connectivity index (χ0) is 27.0. The van der Waals surface area contributed by atoms with Crippen LogP contribution in [0.15, 0.2) is 60.8 Å². The molecule has 4 aromatic rings. The number of thiophene rings is 1. The summed E-state index contributed by atoms with van der Waals surface area (Å²) in [6, 6.07) is 15.6. The van der Waals surface area contributed by atoms with Crippen LogP contribution in [0.3, 0.4) is 0 Å². The Morgan fingerprint density at radius 3 is 2.37 bits per heavy atom. The normalized spacial score (nSPS) is 14.6. The largest absolute Gasteiger partial charge is 0.508 e. The van der Waals surface area contributed by atoms with E-state index in [4.69, 9.17) is 4.98 Å². The zero-order valence-corrected chi connectivity index (χ0v) is 22.0. The number of aromatic nitrogens is 2. The van der Waals surface area contributed by atoms with Gasteiger partial charge in [0.2, 0.25) is 5.95 Å². The number of nitrogens with zero attached hydrogens (tertiary/aromatic N) is 3. The van der Waals surface area contributed by atoms with E-state index < -0.39 is 11.6 Å². The second kappa shape index (κ2) is 9.79. The third kappa shape index (κ3) is 4.90. The van der Waals surface area contributed by atoms with Gasteiger partial charge in [-0.25, -0.2) is 14.8 Å². The maximum Gasteiger partial charge on any atom is 0.325 e. The number of carbonyl (C=O) groups is 2. The molecule has 10 heteroatoms. The first-order chi connectivity index (χ1) is 18.1. The third-order valence-corrected chi connectivity index (χ3v) is 7.56. The highest BCUT2D eigenvalue weighted by Crippen LogP contribution is 2.41. The lowest BCUT2D eigenvalue weighted by Gasteiger charge is -2.16. The van der Waals surface area contributed by atoms with Crippen LogP contribution in [0.5, 0.6) is 11.5 Å². The van der Waals surface area contributed by atoms with Crippen LogP contribution in [0, 0.1) is 6.92 Å². The SMILES string of the molecule is Cc1cc(-c2nc(NCCN3C(=O)NC(C)(C)C3=O)ncc2-c2cccc(O)c2)sc1-c1cccc(O)c1. The molecule has 2 aromatic carbocycles. The number of nitrogens with one attached hydrogen (secondary N) is 2. The third-order valence-electron chi connectivity index (χ3n) is 6.27. The molecule has 0 saturated carbocycles. The lowest BCUT2D eigenvalue weighted by atomic mass is 10.0. The number of carbonyl (C=O) groups excluding carboxylic acids is 2. The Morgan fingerprint density at radius 1 is 1.03 bits per heavy atom. The Bertz CT molecular complexity index is 1550. The van der Waals surface area contributed by atoms with Gasteiger partial charge in [-0.05, 0) is 67.8 Å². The molecule has 9 nitrogen and oxygen atoms in total. The number of rotatable bonds is 7. The molecule has 3 heterocycles. The van der Waals surface area contributed by atoms with Crippen LogP contribution in [0.1, 0.15) is 19.4 Å². The quantitative estimate of drug-likeness (QED) is 0.248. The van der Waals surface area contributed by atoms with E-state index in [-0.39, 0.29) is 30.5 Å². The maximum atomic E-state index is 12.5. The second-order valence-corrected chi connectivity index (χ2v) is 10.7. The van der Waals surface area contributed by atoms with E-state index in [1.807, 2.05) is 25.1 Å². The van der Waals surface area contributed by atoms with Crippen molar-refractivity contribution in [3.63, 3.8) is 0 Å². The molecule has 1 aliphatic heterocycles. The number of phenolic OH excluding ortho intramolecular Hbond substituents is 2. The summed E-state index contributed by atoms with van der Waals surface area (Å²) >= 11 is 1.54. The van der Waals surface area contributed by atoms with Gasteiger partial charge < -0.3 is 20.8 Å². The zero-order valence-electron chi connectivity index (χ0n) is 21.1. The number of urea groups is 1. The molecular weight excluding hydrogens is 502 g/mol. The fourth-order valence-corrected chi connectivity index (χ4v) is 5.55. The molecule has 194 valence electrons. The summed E-state index contributed by atoms with van der Waals surface area (Å²) in [7, 11) is 0. The summed E-state index contributed by atoms with van der Waals surface area (Å²) in [5, 5.41) is 25.8. The van der Waals surface area contributed by atoms with Gasteiger partial charge in [0.25, 0.3) is 5.91 Å². The monoisotopic (exact) mass is 529 g/mol. The number of aromatic hydroxyl groups is 2. The number of aryl methyl sites for hydroxylation is 1. The minimum atomic E-state index is -0.923. The minimum absolute atomic E-state index is 0.134. The smallest absolute Gasteiger partial charge is 0.325 e. The lowest BCUT2D eigenvalue weighted by Crippen LogP contribution is -2.40. The Morgan fingerprint density at radius 2 is 1.71 bits per heavy atom. The molecule has 0 unspecified atom stereocenters. The molecule has 3 amide bonds. The summed E-state index contributed by atoms with van der Waals surface area (Å²) in [6.07, 6.45) is 1.69. The molecule has 0 atom stereocenters. The van der Waals surface area contributed by atoms with Crippen LogP contribution in [0.4, 0.5) is 10.7 Å². The van der Waals surface area contributed by atoms with Gasteiger partial charge in [-0.2, -0.15) is 0 Å². The molecule has 38 heavy (non-hydrogen) atoms. The predicted molar refractivity (Wildman–Crippen MR) is 147 cm³/mol. The first-order valence-corrected chi connectivity index (χ1v) is 12.9. The first kappa shape index (κ1) is 25.2. The Balaban J connectivity index is 1.47. The summed E-state index contributed by atoms with van der Waals surface area (Å²) in [5.74, 6) is 0.396. The van der Waals surface area contributed by atoms with E-state index >= 15 is 0 Å². The number of amides is 3. The Kier molecular flexibility index (Phi) is 6.50. The van der Waals surface area contributed by atoms with Crippen molar-refractivity contribution in [3.05, 3.63) is 66.4 Å². The first-order valence-electron chi connectivity index (χ1n) is 12.1. The second-order valence-electron chi connectivity index (χ2n) is 9.62. The van der Waals surface area contributed by atoms with E-state index in [2.05, 4.69) is 15.6 Å². The molecule has 0 radical (unpaired) electrons. The standard InChI is InChI=1S/C28H27N5O4S/c1-16-12-22(38-24(16)18-7-5-9-20(35)14-18)23-21(17-6-4-8-19(34)13-17)15-30-26(31-23)29-10-11-33-25(36)28(2,3)32-27(33)37/h4-9,12-15,34-35H,10-11H2,1-3H3,(H,32,37)(H,29,30,31). The van der Waals surface area contributed by atoms with Crippen molar-refractivity contribution in [3.8, 4) is 43.6 Å². The van der Waals surface area contributed by atoms with E-state index in [9.17, 15) is 19.8 Å². The van der Waals surface area contributed by atoms with Crippen molar-refractivity contribution in [2.45, 2.75) is 26.3 Å². The topological polar surface area (TPSA) is 128 Å². The highest BCUT2D eigenvalue weighted by Gasteiger charge is 2.43. The van der Waals surface area contributed by atoms with Crippen LogP contribution in [0.25, 0.3) is 32.1 Å². The van der Waals surface area contributed by atoms with Crippen molar-refractivity contribution < 1.29 is 19.8 Å². The van der Waals surface area contributed by atoms with Gasteiger partial charge >= 0.3 is 6.03 Å². The van der Waals surface area contributed by atoms with Gasteiger partial charge in [0, 0.05) is 29.7 Å². The summed E-state index contributed by atoms with van der Waals surface area (Å²) in [4.78, 5) is 37.0. The minimum Gasteiger partial charge on any atom is -0.508 e. The van der Waals surface area contributed by atoms with Gasteiger partial charge in [0.05, 0.1) is 10.6 Å². The molecule has 4 N–H and O–H groups in total. The average molecular weight is 530 g/mol. The molecule has 2 aromatic heterocycles.